The summed E-state index contributed by atoms with van der Waals surface area (Å²) in [4.78, 5) is 50.7. The van der Waals surface area contributed by atoms with Crippen LogP contribution in [-0.2, 0) is 30.2 Å². The van der Waals surface area contributed by atoms with Crippen molar-refractivity contribution in [2.45, 2.75) is 96.5 Å². The van der Waals surface area contributed by atoms with E-state index in [1.165, 1.54) is 26.0 Å². The van der Waals surface area contributed by atoms with Crippen LogP contribution in [0.25, 0.3) is 0 Å². The number of rotatable bonds is 5. The van der Waals surface area contributed by atoms with Crippen LogP contribution in [0.1, 0.15) is 69.8 Å². The summed E-state index contributed by atoms with van der Waals surface area (Å²) in [6.45, 7) is 9.35. The maximum Gasteiger partial charge on any atom is 0.409 e. The summed E-state index contributed by atoms with van der Waals surface area (Å²) in [6, 6.07) is 9.25. The van der Waals surface area contributed by atoms with Crippen LogP contribution < -0.4 is 20.7 Å². The highest BCUT2D eigenvalue weighted by Gasteiger charge is 2.52. The average Bonchev–Trinajstić information content (AvgIpc) is 3.94. The first-order valence-corrected chi connectivity index (χ1v) is 18.6. The minimum atomic E-state index is -1.65. The van der Waals surface area contributed by atoms with Gasteiger partial charge in [-0.05, 0) is 68.7 Å². The van der Waals surface area contributed by atoms with Crippen LogP contribution in [0.5, 0.6) is 5.75 Å². The Kier molecular flexibility index (Phi) is 16.1. The lowest BCUT2D eigenvalue weighted by Gasteiger charge is -2.41. The van der Waals surface area contributed by atoms with Crippen molar-refractivity contribution in [1.29, 1.82) is 0 Å². The van der Waals surface area contributed by atoms with E-state index in [0.29, 0.717) is 40.6 Å². The van der Waals surface area contributed by atoms with E-state index in [1.54, 1.807) is 55.5 Å². The molecule has 3 heterocycles. The summed E-state index contributed by atoms with van der Waals surface area (Å²) in [6.07, 6.45) is 4.48. The van der Waals surface area contributed by atoms with Crippen LogP contribution in [0.4, 0.5) is 16.2 Å². The van der Waals surface area contributed by atoms with E-state index in [2.05, 4.69) is 5.32 Å². The van der Waals surface area contributed by atoms with Crippen molar-refractivity contribution in [1.82, 2.24) is 10.2 Å². The number of hydrogen-bond acceptors (Lipinski definition) is 10. The van der Waals surface area contributed by atoms with Gasteiger partial charge in [-0.2, -0.15) is 0 Å². The maximum atomic E-state index is 13.1. The molecule has 5 N–H and O–H groups in total. The van der Waals surface area contributed by atoms with Gasteiger partial charge in [-0.3, -0.25) is 14.9 Å². The van der Waals surface area contributed by atoms with Crippen molar-refractivity contribution >= 4 is 46.9 Å². The molecular weight excluding hydrogens is 732 g/mol. The van der Waals surface area contributed by atoms with E-state index in [1.807, 2.05) is 45.9 Å². The van der Waals surface area contributed by atoms with Gasteiger partial charge in [0, 0.05) is 51.2 Å². The van der Waals surface area contributed by atoms with E-state index in [9.17, 15) is 24.3 Å². The molecule has 0 spiro atoms. The summed E-state index contributed by atoms with van der Waals surface area (Å²) in [5.41, 5.74) is 7.35. The summed E-state index contributed by atoms with van der Waals surface area (Å²) in [7, 11) is 6.18. The number of allylic oxidation sites excluding steroid dienone is 3. The molecule has 7 atom stereocenters. The number of anilines is 2. The molecule has 3 unspecified atom stereocenters. The highest BCUT2D eigenvalue weighted by atomic mass is 35.5. The van der Waals surface area contributed by atoms with Crippen LogP contribution in [0.2, 0.25) is 5.02 Å². The zero-order valence-electron chi connectivity index (χ0n) is 33.0. The number of likely N-dealkylation sites (N-methyl/N-ethyl adjacent to an activating group) is 1. The quantitative estimate of drug-likeness (QED) is 0.218. The molecule has 0 aromatic heterocycles. The third kappa shape index (κ3) is 11.4. The van der Waals surface area contributed by atoms with Gasteiger partial charge < -0.3 is 44.7 Å². The summed E-state index contributed by atoms with van der Waals surface area (Å²) < 4.78 is 22.4. The number of methoxy groups -OCH3 is 2. The minimum absolute atomic E-state index is 0.0956. The number of carbonyl (C=O) groups excluding carboxylic acids is 3. The van der Waals surface area contributed by atoms with Crippen LogP contribution in [0.3, 0.4) is 0 Å². The number of nitrogen functional groups attached to an aromatic ring is 1. The first-order valence-electron chi connectivity index (χ1n) is 18.2. The molecule has 0 aliphatic carbocycles. The van der Waals surface area contributed by atoms with E-state index in [-0.39, 0.29) is 42.8 Å². The fraction of sp³-hybridized carbons (Fsp3) is 0.500. The molecule has 3 aliphatic heterocycles. The minimum Gasteiger partial charge on any atom is -0.495 e. The number of fused-ring (bicyclic) bond motifs is 5. The SMILES string of the molecule is CC.COc1cc2cc(c1Cl)N(C)C(=O)CCC1OC1[C@H](C)C1C[C@@](O)(NC(=O)O1)[C@H](OC)/C=C/C=C(\C)C2.C[C@@H](C(=O)O)N(C)C(=O)c1ccc(N)cc1. The van der Waals surface area contributed by atoms with Crippen molar-refractivity contribution in [3.8, 4) is 5.75 Å². The molecule has 55 heavy (non-hydrogen) atoms. The van der Waals surface area contributed by atoms with Gasteiger partial charge in [-0.1, -0.05) is 56.2 Å². The van der Waals surface area contributed by atoms with Gasteiger partial charge in [0.15, 0.2) is 5.72 Å². The zero-order valence-corrected chi connectivity index (χ0v) is 33.8. The lowest BCUT2D eigenvalue weighted by Crippen LogP contribution is -2.63. The number of nitrogens with two attached hydrogens (primary N) is 1. The number of alkyl carbamates (subject to hydrolysis) is 1. The number of aliphatic carboxylic acids is 1. The second-order valence-electron chi connectivity index (χ2n) is 13.6. The van der Waals surface area contributed by atoms with Crippen molar-refractivity contribution in [3.63, 3.8) is 0 Å². The van der Waals surface area contributed by atoms with Gasteiger partial charge in [0.1, 0.15) is 29.0 Å². The van der Waals surface area contributed by atoms with Crippen LogP contribution in [0.15, 0.2) is 60.2 Å². The third-order valence-electron chi connectivity index (χ3n) is 9.78. The van der Waals surface area contributed by atoms with E-state index in [4.69, 9.17) is 41.4 Å². The normalized spacial score (nSPS) is 27.1. The van der Waals surface area contributed by atoms with Gasteiger partial charge in [-0.15, -0.1) is 0 Å². The number of amides is 3. The third-order valence-corrected chi connectivity index (χ3v) is 10.2. The molecule has 5 rings (SSSR count). The smallest absolute Gasteiger partial charge is 0.409 e. The van der Waals surface area contributed by atoms with Crippen LogP contribution in [-0.4, -0.2) is 103 Å². The molecule has 15 heteroatoms. The number of halogens is 1. The molecular formula is C40H55ClN4O10. The van der Waals surface area contributed by atoms with E-state index >= 15 is 0 Å². The van der Waals surface area contributed by atoms with Crippen LogP contribution in [0, 0.1) is 5.92 Å². The predicted octanol–water partition coefficient (Wildman–Crippen LogP) is 5.60. The Morgan fingerprint density at radius 3 is 2.40 bits per heavy atom. The number of carboxylic acid groups (broad SMARTS) is 1. The number of carbonyl (C=O) groups is 4. The Hall–Kier alpha value is -4.63. The molecule has 3 aliphatic rings. The van der Waals surface area contributed by atoms with Crippen molar-refractivity contribution in [2.75, 3.05) is 38.9 Å². The maximum absolute atomic E-state index is 13.1. The Labute approximate surface area is 328 Å². The first kappa shape index (κ1) is 44.8. The molecule has 4 bridgehead atoms. The highest BCUT2D eigenvalue weighted by molar-refractivity contribution is 6.35. The second kappa shape index (κ2) is 19.8. The monoisotopic (exact) mass is 786 g/mol. The summed E-state index contributed by atoms with van der Waals surface area (Å²) in [5, 5.41) is 23.0. The molecule has 0 radical (unpaired) electrons. The van der Waals surface area contributed by atoms with Gasteiger partial charge in [0.05, 0.1) is 25.0 Å². The second-order valence-corrected chi connectivity index (χ2v) is 14.0. The Balaban J connectivity index is 0.000000378. The molecule has 2 aromatic carbocycles. The van der Waals surface area contributed by atoms with Crippen LogP contribution >= 0.6 is 11.6 Å². The first-order chi connectivity index (χ1) is 26.0. The van der Waals surface area contributed by atoms with Gasteiger partial charge >= 0.3 is 12.1 Å². The average molecular weight is 787 g/mol. The summed E-state index contributed by atoms with van der Waals surface area (Å²) >= 11 is 6.58. The number of benzene rings is 2. The lowest BCUT2D eigenvalue weighted by atomic mass is 9.87. The molecule has 3 amide bonds. The van der Waals surface area contributed by atoms with Gasteiger partial charge in [0.25, 0.3) is 5.91 Å². The van der Waals surface area contributed by atoms with Crippen molar-refractivity contribution in [2.24, 2.45) is 5.92 Å². The molecule has 2 saturated heterocycles. The molecule has 0 saturated carbocycles. The Morgan fingerprint density at radius 1 is 1.15 bits per heavy atom. The number of nitrogens with zero attached hydrogens (tertiary/aromatic N) is 2. The summed E-state index contributed by atoms with van der Waals surface area (Å²) in [5.74, 6) is -1.16. The van der Waals surface area contributed by atoms with E-state index in [0.717, 1.165) is 11.1 Å². The molecule has 14 nitrogen and oxygen atoms in total. The highest BCUT2D eigenvalue weighted by Crippen LogP contribution is 2.40. The van der Waals surface area contributed by atoms with E-state index < -0.39 is 36.0 Å². The van der Waals surface area contributed by atoms with Gasteiger partial charge in [0.2, 0.25) is 5.91 Å². The Bertz CT molecular complexity index is 1730. The largest absolute Gasteiger partial charge is 0.495 e. The van der Waals surface area contributed by atoms with Crippen molar-refractivity contribution < 1.29 is 48.3 Å². The molecule has 2 fully saturated rings. The lowest BCUT2D eigenvalue weighted by molar-refractivity contribution is -0.142. The van der Waals surface area contributed by atoms with Gasteiger partial charge in [-0.25, -0.2) is 9.59 Å². The number of nitrogens with one attached hydrogen (secondary N) is 1. The number of hydrogen-bond donors (Lipinski definition) is 4. The number of carboxylic acids is 1. The Morgan fingerprint density at radius 2 is 1.80 bits per heavy atom. The standard InChI is InChI=1S/C27H35ClN2O7.C11H14N2O3.C2H6/c1-15-7-6-8-22(35-5)27(33)14-21(37-26(32)29-27)16(2)25-19(36-25)9-10-23(31)30(3)18-12-17(11-15)13-20(34-4)24(18)28;1-7(11(15)16)13(2)10(14)8-3-5-9(12)6-4-8;1-2/h6-8,12-13,16,19,21-22,25,33H,9-11,14H2,1-5H3,(H,29,32);3-7H,12H2,1-2H3,(H,15,16);1-2H3/b8-6+,15-7+;;/t16-,19?,21?,22-,25?,27+;7-;/m10./s1. The number of aliphatic hydroxyl groups is 1. The molecule has 2 aromatic rings. The predicted molar refractivity (Wildman–Crippen MR) is 210 cm³/mol. The fourth-order valence-corrected chi connectivity index (χ4v) is 6.61. The topological polar surface area (TPSA) is 193 Å². The zero-order chi connectivity index (χ0) is 41.2. The number of epoxide rings is 1. The fourth-order valence-electron chi connectivity index (χ4n) is 6.29. The molecule has 302 valence electrons. The van der Waals surface area contributed by atoms with Crippen molar-refractivity contribution in [3.05, 3.63) is 76.3 Å². The number of ether oxygens (including phenoxy) is 4.